The monoisotopic (exact) mass is 562 g/mol. The van der Waals surface area contributed by atoms with Crippen molar-refractivity contribution in [3.63, 3.8) is 0 Å². The highest BCUT2D eigenvalue weighted by molar-refractivity contribution is 7.51. The molecule has 14 nitrogen and oxygen atoms in total. The number of methoxy groups -OCH3 is 1. The molecule has 15 heteroatoms. The van der Waals surface area contributed by atoms with Gasteiger partial charge in [-0.15, -0.1) is 0 Å². The van der Waals surface area contributed by atoms with E-state index in [2.05, 4.69) is 15.3 Å². The van der Waals surface area contributed by atoms with E-state index in [4.69, 9.17) is 9.84 Å². The van der Waals surface area contributed by atoms with Gasteiger partial charge in [0.2, 0.25) is 5.91 Å². The summed E-state index contributed by atoms with van der Waals surface area (Å²) in [7, 11) is -3.09. The Morgan fingerprint density at radius 1 is 1.08 bits per heavy atom. The predicted octanol–water partition coefficient (Wildman–Crippen LogP) is 0.467. The minimum Gasteiger partial charge on any atom is -0.465 e. The Labute approximate surface area is 224 Å². The predicted molar refractivity (Wildman–Crippen MR) is 139 cm³/mol. The minimum atomic E-state index is -4.72. The highest BCUT2D eigenvalue weighted by atomic mass is 31.2. The Kier molecular flexibility index (Phi) is 8.80. The second-order valence-corrected chi connectivity index (χ2v) is 11.1. The van der Waals surface area contributed by atoms with Crippen molar-refractivity contribution in [2.45, 2.75) is 18.6 Å². The average molecular weight is 563 g/mol. The molecule has 0 bridgehead atoms. The second-order valence-electron chi connectivity index (χ2n) is 9.36. The molecule has 0 radical (unpaired) electrons. The van der Waals surface area contributed by atoms with Crippen molar-refractivity contribution in [2.24, 2.45) is 0 Å². The zero-order valence-corrected chi connectivity index (χ0v) is 22.2. The summed E-state index contributed by atoms with van der Waals surface area (Å²) in [6.45, 7) is 1.36. The fraction of sp³-hybridized carbons (Fsp3) is 0.458. The van der Waals surface area contributed by atoms with Crippen LogP contribution in [-0.4, -0.2) is 117 Å². The molecule has 3 amide bonds. The van der Waals surface area contributed by atoms with Crippen LogP contribution in [0.4, 0.5) is 10.6 Å². The van der Waals surface area contributed by atoms with Crippen LogP contribution in [0.25, 0.3) is 11.4 Å². The summed E-state index contributed by atoms with van der Waals surface area (Å²) in [4.78, 5) is 70.4. The van der Waals surface area contributed by atoms with E-state index in [1.807, 2.05) is 11.0 Å². The van der Waals surface area contributed by atoms with Gasteiger partial charge in [0.05, 0.1) is 12.3 Å². The summed E-state index contributed by atoms with van der Waals surface area (Å²) in [6.07, 6.45) is -1.26. The molecule has 4 N–H and O–H groups in total. The van der Waals surface area contributed by atoms with Gasteiger partial charge in [-0.1, -0.05) is 30.3 Å². The van der Waals surface area contributed by atoms with Crippen LogP contribution in [0, 0.1) is 0 Å². The number of rotatable bonds is 8. The second kappa shape index (κ2) is 12.1. The van der Waals surface area contributed by atoms with E-state index in [-0.39, 0.29) is 43.8 Å². The minimum absolute atomic E-state index is 0.00395. The zero-order chi connectivity index (χ0) is 28.2. The van der Waals surface area contributed by atoms with E-state index in [1.165, 1.54) is 11.0 Å². The number of hydrogen-bond donors (Lipinski definition) is 4. The van der Waals surface area contributed by atoms with Crippen molar-refractivity contribution < 1.29 is 38.6 Å². The maximum Gasteiger partial charge on any atom is 0.407 e. The summed E-state index contributed by atoms with van der Waals surface area (Å²) in [6, 6.07) is 8.96. The number of ether oxygens (including phenoxy) is 1. The first kappa shape index (κ1) is 28.4. The number of nitrogens with one attached hydrogen (secondary N) is 1. The molecule has 39 heavy (non-hydrogen) atoms. The standard InChI is InChI=1S/C24H31N6O8P/c1-38-17-7-8-30(14-17)20-13-18(25-21(27-20)16-5-3-2-4-6-16)22(31)26-19(15-39(35,36)37)23(32)28-9-11-29(12-10-28)24(33)34/h2-6,13,17,19H,7-12,14-15H2,1H3,(H,26,31)(H,33,34)(H2,35,36,37)/t17-,19+/m0/s1. The maximum absolute atomic E-state index is 13.4. The van der Waals surface area contributed by atoms with Crippen LogP contribution in [0.1, 0.15) is 16.9 Å². The fourth-order valence-electron chi connectivity index (χ4n) is 4.55. The molecule has 2 aromatic rings. The van der Waals surface area contributed by atoms with Crippen molar-refractivity contribution in [2.75, 3.05) is 57.4 Å². The number of carbonyl (C=O) groups excluding carboxylic acids is 2. The first-order valence-corrected chi connectivity index (χ1v) is 14.2. The average Bonchev–Trinajstić information content (AvgIpc) is 3.41. The van der Waals surface area contributed by atoms with Crippen LogP contribution < -0.4 is 10.2 Å². The number of anilines is 1. The molecule has 2 aliphatic heterocycles. The molecule has 0 saturated carbocycles. The molecule has 2 fully saturated rings. The summed E-state index contributed by atoms with van der Waals surface area (Å²) in [5.41, 5.74) is 0.592. The van der Waals surface area contributed by atoms with Gasteiger partial charge in [-0.05, 0) is 6.42 Å². The first-order valence-electron chi connectivity index (χ1n) is 12.4. The van der Waals surface area contributed by atoms with Crippen molar-refractivity contribution in [1.82, 2.24) is 25.1 Å². The van der Waals surface area contributed by atoms with Crippen LogP contribution in [0.5, 0.6) is 0 Å². The molecule has 210 valence electrons. The lowest BCUT2D eigenvalue weighted by Gasteiger charge is -2.35. The lowest BCUT2D eigenvalue weighted by atomic mass is 10.2. The fourth-order valence-corrected chi connectivity index (χ4v) is 5.27. The Balaban J connectivity index is 1.60. The number of benzene rings is 1. The number of piperazine rings is 1. The van der Waals surface area contributed by atoms with Gasteiger partial charge in [-0.3, -0.25) is 14.2 Å². The Morgan fingerprint density at radius 3 is 2.33 bits per heavy atom. The molecule has 0 aliphatic carbocycles. The number of amides is 3. The lowest BCUT2D eigenvalue weighted by molar-refractivity contribution is -0.134. The van der Waals surface area contributed by atoms with E-state index in [9.17, 15) is 28.7 Å². The topological polar surface area (TPSA) is 186 Å². The van der Waals surface area contributed by atoms with Gasteiger partial charge in [0.1, 0.15) is 17.6 Å². The van der Waals surface area contributed by atoms with Crippen molar-refractivity contribution >= 4 is 31.3 Å². The molecule has 4 rings (SSSR count). The lowest BCUT2D eigenvalue weighted by Crippen LogP contribution is -2.56. The largest absolute Gasteiger partial charge is 0.465 e. The molecule has 3 heterocycles. The van der Waals surface area contributed by atoms with Crippen LogP contribution in [-0.2, 0) is 14.1 Å². The molecule has 2 aliphatic rings. The van der Waals surface area contributed by atoms with Crippen LogP contribution in [0.3, 0.4) is 0 Å². The third kappa shape index (κ3) is 7.30. The van der Waals surface area contributed by atoms with E-state index in [0.29, 0.717) is 24.5 Å². The van der Waals surface area contributed by atoms with E-state index < -0.39 is 37.7 Å². The van der Waals surface area contributed by atoms with Crippen LogP contribution in [0.15, 0.2) is 36.4 Å². The van der Waals surface area contributed by atoms with Gasteiger partial charge in [-0.2, -0.15) is 0 Å². The van der Waals surface area contributed by atoms with Gasteiger partial charge in [0.25, 0.3) is 5.91 Å². The summed E-state index contributed by atoms with van der Waals surface area (Å²) in [5.74, 6) is -0.746. The van der Waals surface area contributed by atoms with Gasteiger partial charge in [-0.25, -0.2) is 14.8 Å². The molecule has 0 unspecified atom stereocenters. The van der Waals surface area contributed by atoms with Crippen molar-refractivity contribution in [3.05, 3.63) is 42.1 Å². The van der Waals surface area contributed by atoms with Crippen molar-refractivity contribution in [3.8, 4) is 11.4 Å². The zero-order valence-electron chi connectivity index (χ0n) is 21.3. The van der Waals surface area contributed by atoms with Gasteiger partial charge in [0, 0.05) is 58.0 Å². The molecular weight excluding hydrogens is 531 g/mol. The van der Waals surface area contributed by atoms with Gasteiger partial charge >= 0.3 is 13.7 Å². The molecule has 0 spiro atoms. The summed E-state index contributed by atoms with van der Waals surface area (Å²) >= 11 is 0. The third-order valence-corrected chi connectivity index (χ3v) is 7.51. The molecular formula is C24H31N6O8P. The van der Waals surface area contributed by atoms with Gasteiger partial charge in [0.15, 0.2) is 5.82 Å². The van der Waals surface area contributed by atoms with Crippen LogP contribution in [0.2, 0.25) is 0 Å². The number of aromatic nitrogens is 2. The molecule has 2 atom stereocenters. The number of hydrogen-bond acceptors (Lipinski definition) is 8. The highest BCUT2D eigenvalue weighted by Crippen LogP contribution is 2.35. The quantitative estimate of drug-likeness (QED) is 0.328. The van der Waals surface area contributed by atoms with Crippen molar-refractivity contribution in [1.29, 1.82) is 0 Å². The molecule has 1 aromatic carbocycles. The number of carboxylic acid groups (broad SMARTS) is 1. The Morgan fingerprint density at radius 2 is 1.74 bits per heavy atom. The Bertz CT molecular complexity index is 1250. The van der Waals surface area contributed by atoms with Crippen LogP contribution >= 0.6 is 7.60 Å². The van der Waals surface area contributed by atoms with E-state index >= 15 is 0 Å². The first-order chi connectivity index (χ1) is 18.5. The van der Waals surface area contributed by atoms with E-state index in [1.54, 1.807) is 31.4 Å². The Hall–Kier alpha value is -3.58. The molecule has 1 aromatic heterocycles. The maximum atomic E-state index is 13.4. The normalized spacial score (nSPS) is 18.6. The van der Waals surface area contributed by atoms with Gasteiger partial charge < -0.3 is 39.6 Å². The van der Waals surface area contributed by atoms with E-state index in [0.717, 1.165) is 11.3 Å². The number of carbonyl (C=O) groups is 3. The smallest absolute Gasteiger partial charge is 0.407 e. The highest BCUT2D eigenvalue weighted by Gasteiger charge is 2.35. The SMILES string of the molecule is CO[C@H]1CCN(c2cc(C(=O)N[C@H](CP(=O)(O)O)C(=O)N3CCN(C(=O)O)CC3)nc(-c3ccccc3)n2)C1. The summed E-state index contributed by atoms with van der Waals surface area (Å²) in [5, 5.41) is 11.6. The third-order valence-electron chi connectivity index (χ3n) is 6.67. The number of nitrogens with zero attached hydrogens (tertiary/aromatic N) is 5. The summed E-state index contributed by atoms with van der Waals surface area (Å²) < 4.78 is 17.3. The molecule has 2 saturated heterocycles.